The van der Waals surface area contributed by atoms with Gasteiger partial charge in [0, 0.05) is 23.7 Å². The minimum atomic E-state index is -4.25. The molecule has 3 aromatic carbocycles. The van der Waals surface area contributed by atoms with Crippen LogP contribution in [0.4, 0.5) is 10.1 Å². The summed E-state index contributed by atoms with van der Waals surface area (Å²) in [5.74, 6) is -0.903. The molecule has 1 N–H and O–H groups in total. The van der Waals surface area contributed by atoms with Crippen LogP contribution in [0.3, 0.4) is 0 Å². The second kappa shape index (κ2) is 12.2. The number of sulfonamides is 1. The minimum absolute atomic E-state index is 0.0260. The SMILES string of the molecule is C[C@H](C(=O)NC(C)(C)C)N(Cc1ccccc1F)C(=O)CN(c1ccc2c(c1)OCCO2)S(=O)(=O)c1ccccc1. The lowest BCUT2D eigenvalue weighted by Gasteiger charge is -2.33. The highest BCUT2D eigenvalue weighted by Gasteiger charge is 2.34. The van der Waals surface area contributed by atoms with Crippen molar-refractivity contribution in [1.29, 1.82) is 0 Å². The smallest absolute Gasteiger partial charge is 0.264 e. The molecule has 0 saturated carbocycles. The third kappa shape index (κ3) is 7.15. The van der Waals surface area contributed by atoms with Crippen molar-refractivity contribution in [1.82, 2.24) is 10.2 Å². The number of nitrogens with zero attached hydrogens (tertiary/aromatic N) is 2. The van der Waals surface area contributed by atoms with Gasteiger partial charge in [-0.3, -0.25) is 13.9 Å². The van der Waals surface area contributed by atoms with E-state index in [-0.39, 0.29) is 29.3 Å². The molecule has 1 heterocycles. The van der Waals surface area contributed by atoms with Gasteiger partial charge in [-0.25, -0.2) is 12.8 Å². The molecule has 0 unspecified atom stereocenters. The number of carbonyl (C=O) groups is 2. The van der Waals surface area contributed by atoms with Gasteiger partial charge in [-0.2, -0.15) is 0 Å². The predicted molar refractivity (Wildman–Crippen MR) is 153 cm³/mol. The topological polar surface area (TPSA) is 105 Å². The first-order valence-corrected chi connectivity index (χ1v) is 14.6. The zero-order chi connectivity index (χ0) is 29.8. The fraction of sp³-hybridized carbons (Fsp3) is 0.333. The molecule has 218 valence electrons. The molecule has 0 radical (unpaired) electrons. The van der Waals surface area contributed by atoms with Gasteiger partial charge in [-0.1, -0.05) is 36.4 Å². The van der Waals surface area contributed by atoms with E-state index < -0.39 is 45.8 Å². The summed E-state index contributed by atoms with van der Waals surface area (Å²) in [4.78, 5) is 28.3. The van der Waals surface area contributed by atoms with E-state index in [0.29, 0.717) is 18.1 Å². The summed E-state index contributed by atoms with van der Waals surface area (Å²) in [6.07, 6.45) is 0. The number of ether oxygens (including phenoxy) is 2. The Balaban J connectivity index is 1.74. The number of carbonyl (C=O) groups excluding carboxylic acids is 2. The minimum Gasteiger partial charge on any atom is -0.486 e. The van der Waals surface area contributed by atoms with E-state index in [1.54, 1.807) is 51.1 Å². The first-order chi connectivity index (χ1) is 19.4. The number of hydrogen-bond acceptors (Lipinski definition) is 6. The van der Waals surface area contributed by atoms with Crippen molar-refractivity contribution in [3.63, 3.8) is 0 Å². The average molecular weight is 584 g/mol. The van der Waals surface area contributed by atoms with Crippen molar-refractivity contribution in [2.75, 3.05) is 24.1 Å². The molecule has 0 fully saturated rings. The fourth-order valence-corrected chi connectivity index (χ4v) is 5.73. The Morgan fingerprint density at radius 2 is 1.59 bits per heavy atom. The molecule has 2 amide bonds. The van der Waals surface area contributed by atoms with Crippen molar-refractivity contribution in [3.8, 4) is 11.5 Å². The number of amides is 2. The lowest BCUT2D eigenvalue weighted by Crippen LogP contribution is -2.54. The molecular weight excluding hydrogens is 549 g/mol. The van der Waals surface area contributed by atoms with E-state index in [0.717, 1.165) is 4.31 Å². The first-order valence-electron chi connectivity index (χ1n) is 13.2. The van der Waals surface area contributed by atoms with Gasteiger partial charge in [-0.15, -0.1) is 0 Å². The molecule has 0 spiro atoms. The van der Waals surface area contributed by atoms with Crippen LogP contribution in [0.2, 0.25) is 0 Å². The molecule has 0 aromatic heterocycles. The fourth-order valence-electron chi connectivity index (χ4n) is 4.30. The van der Waals surface area contributed by atoms with Crippen LogP contribution >= 0.6 is 0 Å². The summed E-state index contributed by atoms with van der Waals surface area (Å²) >= 11 is 0. The monoisotopic (exact) mass is 583 g/mol. The largest absolute Gasteiger partial charge is 0.486 e. The Morgan fingerprint density at radius 3 is 2.24 bits per heavy atom. The molecule has 41 heavy (non-hydrogen) atoms. The zero-order valence-corrected chi connectivity index (χ0v) is 24.3. The van der Waals surface area contributed by atoms with E-state index >= 15 is 0 Å². The lowest BCUT2D eigenvalue weighted by molar-refractivity contribution is -0.140. The predicted octanol–water partition coefficient (Wildman–Crippen LogP) is 4.12. The van der Waals surface area contributed by atoms with Crippen molar-refractivity contribution in [2.24, 2.45) is 0 Å². The summed E-state index contributed by atoms with van der Waals surface area (Å²) in [5, 5.41) is 2.84. The van der Waals surface area contributed by atoms with Crippen LogP contribution in [-0.4, -0.2) is 56.5 Å². The molecule has 1 atom stereocenters. The van der Waals surface area contributed by atoms with Gasteiger partial charge in [0.1, 0.15) is 31.6 Å². The molecule has 0 saturated heterocycles. The molecule has 4 rings (SSSR count). The van der Waals surface area contributed by atoms with Crippen molar-refractivity contribution < 1.29 is 31.9 Å². The van der Waals surface area contributed by atoms with E-state index in [1.807, 2.05) is 0 Å². The number of rotatable bonds is 9. The molecule has 9 nitrogen and oxygen atoms in total. The summed E-state index contributed by atoms with van der Waals surface area (Å²) in [6, 6.07) is 17.2. The van der Waals surface area contributed by atoms with Gasteiger partial charge < -0.3 is 19.7 Å². The molecule has 0 bridgehead atoms. The Morgan fingerprint density at radius 1 is 0.951 bits per heavy atom. The van der Waals surface area contributed by atoms with Gasteiger partial charge >= 0.3 is 0 Å². The Bertz CT molecular complexity index is 1510. The third-order valence-electron chi connectivity index (χ3n) is 6.39. The molecule has 11 heteroatoms. The van der Waals surface area contributed by atoms with Crippen molar-refractivity contribution in [3.05, 3.63) is 84.2 Å². The summed E-state index contributed by atoms with van der Waals surface area (Å²) in [7, 11) is -4.25. The van der Waals surface area contributed by atoms with Crippen LogP contribution < -0.4 is 19.1 Å². The highest BCUT2D eigenvalue weighted by atomic mass is 32.2. The molecule has 0 aliphatic carbocycles. The summed E-state index contributed by atoms with van der Waals surface area (Å²) in [6.45, 7) is 6.68. The standard InChI is InChI=1S/C30H34FN3O6S/c1-21(29(36)32-30(2,3)4)33(19-22-10-8-9-13-25(22)31)28(35)20-34(41(37,38)24-11-6-5-7-12-24)23-14-15-26-27(18-23)40-17-16-39-26/h5-15,18,21H,16-17,19-20H2,1-4H3,(H,32,36)/t21-/m1/s1. The molecule has 3 aromatic rings. The van der Waals surface area contributed by atoms with Crippen molar-refractivity contribution in [2.45, 2.75) is 50.7 Å². The van der Waals surface area contributed by atoms with Gasteiger partial charge in [0.2, 0.25) is 11.8 Å². The third-order valence-corrected chi connectivity index (χ3v) is 8.18. The van der Waals surface area contributed by atoms with Gasteiger partial charge in [0.25, 0.3) is 10.0 Å². The number of nitrogens with one attached hydrogen (secondary N) is 1. The Kier molecular flexibility index (Phi) is 8.86. The van der Waals surface area contributed by atoms with E-state index in [1.165, 1.54) is 54.3 Å². The molecule has 1 aliphatic rings. The van der Waals surface area contributed by atoms with Crippen LogP contribution in [0, 0.1) is 5.82 Å². The number of hydrogen-bond donors (Lipinski definition) is 1. The molecule has 1 aliphatic heterocycles. The van der Waals surface area contributed by atoms with Crippen molar-refractivity contribution >= 4 is 27.5 Å². The zero-order valence-electron chi connectivity index (χ0n) is 23.5. The van der Waals surface area contributed by atoms with E-state index in [4.69, 9.17) is 9.47 Å². The number of benzene rings is 3. The van der Waals surface area contributed by atoms with Gasteiger partial charge in [0.15, 0.2) is 11.5 Å². The summed E-state index contributed by atoms with van der Waals surface area (Å²) < 4.78 is 54.7. The first kappa shape index (κ1) is 29.9. The van der Waals surface area contributed by atoms with Crippen LogP contribution in [0.25, 0.3) is 0 Å². The van der Waals surface area contributed by atoms with Gasteiger partial charge in [0.05, 0.1) is 10.6 Å². The number of anilines is 1. The maximum absolute atomic E-state index is 14.7. The average Bonchev–Trinajstić information content (AvgIpc) is 2.94. The van der Waals surface area contributed by atoms with Gasteiger partial charge in [-0.05, 0) is 58.0 Å². The number of fused-ring (bicyclic) bond motifs is 1. The highest BCUT2D eigenvalue weighted by Crippen LogP contribution is 2.36. The normalized spacial score (nSPS) is 13.7. The number of halogens is 1. The maximum atomic E-state index is 14.7. The van der Waals surface area contributed by atoms with Crippen LogP contribution in [0.5, 0.6) is 11.5 Å². The second-order valence-electron chi connectivity index (χ2n) is 10.7. The lowest BCUT2D eigenvalue weighted by atomic mass is 10.1. The Hall–Kier alpha value is -4.12. The van der Waals surface area contributed by atoms with Crippen LogP contribution in [-0.2, 0) is 26.2 Å². The van der Waals surface area contributed by atoms with Crippen LogP contribution in [0.1, 0.15) is 33.3 Å². The quantitative estimate of drug-likeness (QED) is 0.406. The molecular formula is C30H34FN3O6S. The highest BCUT2D eigenvalue weighted by molar-refractivity contribution is 7.92. The maximum Gasteiger partial charge on any atom is 0.264 e. The second-order valence-corrected chi connectivity index (χ2v) is 12.5. The Labute approximate surface area is 239 Å². The van der Waals surface area contributed by atoms with E-state index in [9.17, 15) is 22.4 Å². The van der Waals surface area contributed by atoms with Crippen LogP contribution in [0.15, 0.2) is 77.7 Å². The summed E-state index contributed by atoms with van der Waals surface area (Å²) in [5.41, 5.74) is -0.233. The van der Waals surface area contributed by atoms with E-state index in [2.05, 4.69) is 5.32 Å².